The Morgan fingerprint density at radius 3 is 2.46 bits per heavy atom. The van der Waals surface area contributed by atoms with Crippen molar-refractivity contribution in [2.45, 2.75) is 51.9 Å². The van der Waals surface area contributed by atoms with E-state index in [1.165, 1.54) is 4.80 Å². The maximum Gasteiger partial charge on any atom is 0.410 e. The molecule has 1 aliphatic rings. The second kappa shape index (κ2) is 7.01. The Morgan fingerprint density at radius 1 is 1.29 bits per heavy atom. The fourth-order valence-electron chi connectivity index (χ4n) is 2.23. The van der Waals surface area contributed by atoms with Crippen LogP contribution in [0.15, 0.2) is 0 Å². The second-order valence-electron chi connectivity index (χ2n) is 6.69. The van der Waals surface area contributed by atoms with Crippen LogP contribution in [0.25, 0.3) is 0 Å². The van der Waals surface area contributed by atoms with Crippen molar-refractivity contribution in [3.05, 3.63) is 5.82 Å². The molecule has 1 aromatic rings. The molecule has 0 N–H and O–H groups in total. The molecule has 0 radical (unpaired) electrons. The second-order valence-corrected chi connectivity index (χ2v) is 8.33. The SMILES string of the molecule is CC(C)(C)OC(=O)N1CCC(n2nnc(COS(C)(=O)=O)n2)CC1. The van der Waals surface area contributed by atoms with E-state index in [0.717, 1.165) is 6.26 Å². The van der Waals surface area contributed by atoms with Crippen LogP contribution in [-0.4, -0.2) is 64.6 Å². The first-order chi connectivity index (χ1) is 11.0. The van der Waals surface area contributed by atoms with Crippen molar-refractivity contribution < 1.29 is 22.1 Å². The molecule has 0 aromatic carbocycles. The number of carbonyl (C=O) groups is 1. The summed E-state index contributed by atoms with van der Waals surface area (Å²) in [5.74, 6) is 0.204. The highest BCUT2D eigenvalue weighted by Gasteiger charge is 2.28. The first kappa shape index (κ1) is 18.6. The summed E-state index contributed by atoms with van der Waals surface area (Å²) in [7, 11) is -3.54. The van der Waals surface area contributed by atoms with Crippen LogP contribution in [0.4, 0.5) is 4.79 Å². The molecular formula is C13H23N5O5S. The Balaban J connectivity index is 1.86. The van der Waals surface area contributed by atoms with E-state index in [4.69, 9.17) is 4.74 Å². The van der Waals surface area contributed by atoms with Crippen LogP contribution in [0, 0.1) is 0 Å². The highest BCUT2D eigenvalue weighted by atomic mass is 32.2. The zero-order valence-electron chi connectivity index (χ0n) is 14.3. The number of nitrogens with zero attached hydrogens (tertiary/aromatic N) is 5. The maximum absolute atomic E-state index is 12.0. The third kappa shape index (κ3) is 5.71. The molecule has 2 heterocycles. The number of aromatic nitrogens is 4. The van der Waals surface area contributed by atoms with E-state index >= 15 is 0 Å². The van der Waals surface area contributed by atoms with Crippen LogP contribution in [0.2, 0.25) is 0 Å². The Labute approximate surface area is 141 Å². The molecule has 0 spiro atoms. The number of ether oxygens (including phenoxy) is 1. The van der Waals surface area contributed by atoms with E-state index in [0.29, 0.717) is 25.9 Å². The molecule has 1 saturated heterocycles. The predicted molar refractivity (Wildman–Crippen MR) is 83.5 cm³/mol. The van der Waals surface area contributed by atoms with Crippen LogP contribution < -0.4 is 0 Å². The minimum Gasteiger partial charge on any atom is -0.444 e. The van der Waals surface area contributed by atoms with Gasteiger partial charge in [0, 0.05) is 13.1 Å². The lowest BCUT2D eigenvalue weighted by Gasteiger charge is -2.32. The normalized spacial score (nSPS) is 17.1. The van der Waals surface area contributed by atoms with E-state index in [1.807, 2.05) is 20.8 Å². The van der Waals surface area contributed by atoms with Crippen molar-refractivity contribution in [3.63, 3.8) is 0 Å². The van der Waals surface area contributed by atoms with Gasteiger partial charge in [0.25, 0.3) is 10.1 Å². The van der Waals surface area contributed by atoms with Crippen molar-refractivity contribution in [3.8, 4) is 0 Å². The van der Waals surface area contributed by atoms with Crippen molar-refractivity contribution in [2.24, 2.45) is 0 Å². The number of amides is 1. The van der Waals surface area contributed by atoms with Gasteiger partial charge in [0.2, 0.25) is 5.82 Å². The smallest absolute Gasteiger partial charge is 0.410 e. The molecule has 0 aliphatic carbocycles. The Hall–Kier alpha value is -1.75. The first-order valence-electron chi connectivity index (χ1n) is 7.64. The maximum atomic E-state index is 12.0. The molecule has 2 rings (SSSR count). The molecule has 1 aliphatic heterocycles. The van der Waals surface area contributed by atoms with Crippen molar-refractivity contribution in [2.75, 3.05) is 19.3 Å². The van der Waals surface area contributed by atoms with Crippen LogP contribution in [0.3, 0.4) is 0 Å². The lowest BCUT2D eigenvalue weighted by atomic mass is 10.1. The molecular weight excluding hydrogens is 338 g/mol. The number of likely N-dealkylation sites (tertiary alicyclic amines) is 1. The van der Waals surface area contributed by atoms with Crippen LogP contribution in [-0.2, 0) is 25.6 Å². The molecule has 24 heavy (non-hydrogen) atoms. The molecule has 0 bridgehead atoms. The molecule has 0 atom stereocenters. The molecule has 11 heteroatoms. The summed E-state index contributed by atoms with van der Waals surface area (Å²) in [6.45, 7) is 6.33. The summed E-state index contributed by atoms with van der Waals surface area (Å²) in [5, 5.41) is 11.9. The zero-order chi connectivity index (χ0) is 18.0. The number of carbonyl (C=O) groups excluding carboxylic acids is 1. The van der Waals surface area contributed by atoms with E-state index in [-0.39, 0.29) is 24.6 Å². The first-order valence-corrected chi connectivity index (χ1v) is 9.46. The lowest BCUT2D eigenvalue weighted by molar-refractivity contribution is 0.0179. The quantitative estimate of drug-likeness (QED) is 0.720. The monoisotopic (exact) mass is 361 g/mol. The highest BCUT2D eigenvalue weighted by molar-refractivity contribution is 7.85. The fourth-order valence-corrected chi connectivity index (χ4v) is 2.55. The zero-order valence-corrected chi connectivity index (χ0v) is 15.1. The van der Waals surface area contributed by atoms with Crippen LogP contribution >= 0.6 is 0 Å². The van der Waals surface area contributed by atoms with Crippen LogP contribution in [0.1, 0.15) is 45.5 Å². The number of hydrogen-bond acceptors (Lipinski definition) is 8. The average Bonchev–Trinajstić information content (AvgIpc) is 2.92. The predicted octanol–water partition coefficient (Wildman–Crippen LogP) is 0.721. The third-order valence-electron chi connectivity index (χ3n) is 3.31. The average molecular weight is 361 g/mol. The van der Waals surface area contributed by atoms with Gasteiger partial charge in [-0.05, 0) is 38.8 Å². The number of tetrazole rings is 1. The summed E-state index contributed by atoms with van der Waals surface area (Å²) >= 11 is 0. The van der Waals surface area contributed by atoms with Crippen molar-refractivity contribution in [1.29, 1.82) is 0 Å². The van der Waals surface area contributed by atoms with Crippen LogP contribution in [0.5, 0.6) is 0 Å². The minimum atomic E-state index is -3.54. The Morgan fingerprint density at radius 2 is 1.92 bits per heavy atom. The molecule has 0 saturated carbocycles. The van der Waals surface area contributed by atoms with E-state index in [9.17, 15) is 13.2 Å². The topological polar surface area (TPSA) is 117 Å². The molecule has 0 unspecified atom stereocenters. The number of rotatable bonds is 4. The van der Waals surface area contributed by atoms with E-state index in [2.05, 4.69) is 19.6 Å². The van der Waals surface area contributed by atoms with Crippen molar-refractivity contribution >= 4 is 16.2 Å². The summed E-state index contributed by atoms with van der Waals surface area (Å²) < 4.78 is 31.9. The molecule has 1 aromatic heterocycles. The Kier molecular flexibility index (Phi) is 5.43. The van der Waals surface area contributed by atoms with Crippen molar-refractivity contribution in [1.82, 2.24) is 25.1 Å². The standard InChI is InChI=1S/C13H23N5O5S/c1-13(2,3)23-12(19)17-7-5-10(6-8-17)18-15-11(14-16-18)9-22-24(4,20)21/h10H,5-9H2,1-4H3. The van der Waals surface area contributed by atoms with Gasteiger partial charge in [0.15, 0.2) is 0 Å². The summed E-state index contributed by atoms with van der Waals surface area (Å²) in [5.41, 5.74) is -0.518. The van der Waals surface area contributed by atoms with Gasteiger partial charge in [-0.3, -0.25) is 4.18 Å². The van der Waals surface area contributed by atoms with Gasteiger partial charge in [-0.1, -0.05) is 0 Å². The number of piperidine rings is 1. The molecule has 136 valence electrons. The summed E-state index contributed by atoms with van der Waals surface area (Å²) in [6, 6.07) is 0.00294. The summed E-state index contributed by atoms with van der Waals surface area (Å²) in [4.78, 5) is 15.1. The third-order valence-corrected chi connectivity index (χ3v) is 3.86. The van der Waals surface area contributed by atoms with Gasteiger partial charge < -0.3 is 9.64 Å². The Bertz CT molecular complexity index is 673. The van der Waals surface area contributed by atoms with Gasteiger partial charge >= 0.3 is 6.09 Å². The van der Waals surface area contributed by atoms with Gasteiger partial charge in [0.1, 0.15) is 12.2 Å². The lowest BCUT2D eigenvalue weighted by Crippen LogP contribution is -2.42. The van der Waals surface area contributed by atoms with Gasteiger partial charge in [-0.15, -0.1) is 10.2 Å². The van der Waals surface area contributed by atoms with Gasteiger partial charge in [0.05, 0.1) is 12.3 Å². The fraction of sp³-hybridized carbons (Fsp3) is 0.846. The van der Waals surface area contributed by atoms with Gasteiger partial charge in [-0.25, -0.2) is 4.79 Å². The molecule has 10 nitrogen and oxygen atoms in total. The molecule has 1 amide bonds. The summed E-state index contributed by atoms with van der Waals surface area (Å²) in [6.07, 6.45) is 1.98. The van der Waals surface area contributed by atoms with E-state index in [1.54, 1.807) is 4.90 Å². The van der Waals surface area contributed by atoms with Gasteiger partial charge in [-0.2, -0.15) is 13.2 Å². The number of hydrogen-bond donors (Lipinski definition) is 0. The minimum absolute atomic E-state index is 0.00294. The molecule has 1 fully saturated rings. The highest BCUT2D eigenvalue weighted by Crippen LogP contribution is 2.22. The van der Waals surface area contributed by atoms with E-state index < -0.39 is 15.7 Å². The largest absolute Gasteiger partial charge is 0.444 e.